The van der Waals surface area contributed by atoms with Crippen molar-refractivity contribution in [2.75, 3.05) is 6.54 Å². The van der Waals surface area contributed by atoms with Crippen molar-refractivity contribution in [3.63, 3.8) is 0 Å². The number of carbonyl (C=O) groups excluding carboxylic acids is 1. The first-order valence-electron chi connectivity index (χ1n) is 6.47. The summed E-state index contributed by atoms with van der Waals surface area (Å²) in [5, 5.41) is 11.0. The van der Waals surface area contributed by atoms with Crippen molar-refractivity contribution < 1.29 is 23.5 Å². The second kappa shape index (κ2) is 5.97. The molecule has 0 bridgehead atoms. The maximum absolute atomic E-state index is 13.6. The highest BCUT2D eigenvalue weighted by Gasteiger charge is 2.39. The summed E-state index contributed by atoms with van der Waals surface area (Å²) in [6.45, 7) is 0.127. The number of rotatable bonds is 5. The molecule has 1 aliphatic rings. The van der Waals surface area contributed by atoms with E-state index in [0.29, 0.717) is 12.8 Å². The van der Waals surface area contributed by atoms with E-state index in [2.05, 4.69) is 5.32 Å². The van der Waals surface area contributed by atoms with Crippen LogP contribution < -0.4 is 5.32 Å². The molecule has 0 atom stereocenters. The zero-order chi connectivity index (χ0) is 15.6. The normalized spacial score (nSPS) is 16.1. The number of nitrogens with one attached hydrogen (secondary N) is 1. The highest BCUT2D eigenvalue weighted by molar-refractivity contribution is 6.30. The van der Waals surface area contributed by atoms with Gasteiger partial charge in [0.1, 0.15) is 11.6 Å². The minimum absolute atomic E-state index is 0.0509. The maximum atomic E-state index is 13.6. The predicted molar refractivity (Wildman–Crippen MR) is 72.2 cm³/mol. The van der Waals surface area contributed by atoms with Gasteiger partial charge in [-0.05, 0) is 30.4 Å². The molecule has 0 spiro atoms. The Morgan fingerprint density at radius 3 is 2.48 bits per heavy atom. The van der Waals surface area contributed by atoms with Gasteiger partial charge in [-0.3, -0.25) is 9.59 Å². The van der Waals surface area contributed by atoms with Crippen LogP contribution in [0.25, 0.3) is 0 Å². The molecule has 2 rings (SSSR count). The minimum atomic E-state index is -0.937. The maximum Gasteiger partial charge on any atom is 0.303 e. The van der Waals surface area contributed by atoms with Gasteiger partial charge >= 0.3 is 5.97 Å². The Morgan fingerprint density at radius 2 is 1.95 bits per heavy atom. The Labute approximate surface area is 125 Å². The Balaban J connectivity index is 2.05. The molecule has 0 unspecified atom stereocenters. The fraction of sp³-hybridized carbons (Fsp3) is 0.429. The molecule has 1 saturated carbocycles. The standard InChI is InChI=1S/C14H14ClF2NO3/c15-9-5-10(16)8(4-11(9)17)13(21)18-7-14(2-1-3-14)6-12(19)20/h4-5H,1-3,6-7H2,(H,18,21)(H,19,20). The third kappa shape index (κ3) is 3.50. The van der Waals surface area contributed by atoms with Gasteiger partial charge in [-0.2, -0.15) is 0 Å². The molecule has 1 aromatic rings. The quantitative estimate of drug-likeness (QED) is 0.820. The molecule has 7 heteroatoms. The number of carboxylic acids is 1. The van der Waals surface area contributed by atoms with Crippen LogP contribution in [0.5, 0.6) is 0 Å². The topological polar surface area (TPSA) is 66.4 Å². The molecular formula is C14H14ClF2NO3. The molecular weight excluding hydrogens is 304 g/mol. The second-order valence-corrected chi connectivity index (χ2v) is 5.76. The van der Waals surface area contributed by atoms with E-state index >= 15 is 0 Å². The first-order valence-corrected chi connectivity index (χ1v) is 6.85. The molecule has 1 fully saturated rings. The van der Waals surface area contributed by atoms with Gasteiger partial charge in [0.2, 0.25) is 0 Å². The molecule has 4 nitrogen and oxygen atoms in total. The first-order chi connectivity index (χ1) is 9.83. The van der Waals surface area contributed by atoms with Gasteiger partial charge in [-0.15, -0.1) is 0 Å². The number of hydrogen-bond acceptors (Lipinski definition) is 2. The van der Waals surface area contributed by atoms with Crippen LogP contribution >= 0.6 is 11.6 Å². The fourth-order valence-electron chi connectivity index (χ4n) is 2.47. The van der Waals surface area contributed by atoms with E-state index in [1.54, 1.807) is 0 Å². The van der Waals surface area contributed by atoms with Gasteiger partial charge in [-0.1, -0.05) is 18.0 Å². The summed E-state index contributed by atoms with van der Waals surface area (Å²) in [6.07, 6.45) is 2.23. The van der Waals surface area contributed by atoms with E-state index < -0.39 is 39.5 Å². The lowest BCUT2D eigenvalue weighted by atomic mass is 9.66. The van der Waals surface area contributed by atoms with Crippen LogP contribution in [0.2, 0.25) is 5.02 Å². The number of hydrogen-bond donors (Lipinski definition) is 2. The molecule has 1 aliphatic carbocycles. The van der Waals surface area contributed by atoms with E-state index in [0.717, 1.165) is 18.6 Å². The number of benzene rings is 1. The van der Waals surface area contributed by atoms with Crippen LogP contribution in [0.15, 0.2) is 12.1 Å². The predicted octanol–water partition coefficient (Wildman–Crippen LogP) is 2.99. The zero-order valence-corrected chi connectivity index (χ0v) is 11.8. The largest absolute Gasteiger partial charge is 0.481 e. The smallest absolute Gasteiger partial charge is 0.303 e. The minimum Gasteiger partial charge on any atom is -0.481 e. The van der Waals surface area contributed by atoms with Gasteiger partial charge in [0.05, 0.1) is 17.0 Å². The van der Waals surface area contributed by atoms with E-state index in [-0.39, 0.29) is 13.0 Å². The number of halogens is 3. The van der Waals surface area contributed by atoms with Crippen LogP contribution in [0.1, 0.15) is 36.0 Å². The van der Waals surface area contributed by atoms with Crippen LogP contribution in [-0.2, 0) is 4.79 Å². The summed E-state index contributed by atoms with van der Waals surface area (Å²) >= 11 is 5.42. The summed E-state index contributed by atoms with van der Waals surface area (Å²) < 4.78 is 26.9. The molecule has 1 amide bonds. The van der Waals surface area contributed by atoms with Gasteiger partial charge in [0.15, 0.2) is 0 Å². The van der Waals surface area contributed by atoms with Crippen molar-refractivity contribution in [2.45, 2.75) is 25.7 Å². The van der Waals surface area contributed by atoms with Crippen LogP contribution in [0.3, 0.4) is 0 Å². The van der Waals surface area contributed by atoms with E-state index in [1.165, 1.54) is 0 Å². The molecule has 0 heterocycles. The monoisotopic (exact) mass is 317 g/mol. The molecule has 0 radical (unpaired) electrons. The van der Waals surface area contributed by atoms with Crippen LogP contribution in [-0.4, -0.2) is 23.5 Å². The highest BCUT2D eigenvalue weighted by atomic mass is 35.5. The summed E-state index contributed by atoms with van der Waals surface area (Å²) in [5.41, 5.74) is -0.926. The summed E-state index contributed by atoms with van der Waals surface area (Å²) in [6, 6.07) is 1.47. The van der Waals surface area contributed by atoms with Crippen molar-refractivity contribution >= 4 is 23.5 Å². The average Bonchev–Trinajstić information content (AvgIpc) is 2.36. The average molecular weight is 318 g/mol. The van der Waals surface area contributed by atoms with Crippen LogP contribution in [0.4, 0.5) is 8.78 Å². The van der Waals surface area contributed by atoms with Gasteiger partial charge in [0, 0.05) is 6.54 Å². The van der Waals surface area contributed by atoms with E-state index in [1.807, 2.05) is 0 Å². The third-order valence-electron chi connectivity index (χ3n) is 3.82. The lowest BCUT2D eigenvalue weighted by Crippen LogP contribution is -2.43. The van der Waals surface area contributed by atoms with Gasteiger partial charge < -0.3 is 10.4 Å². The SMILES string of the molecule is O=C(O)CC1(CNC(=O)c2cc(F)c(Cl)cc2F)CCC1. The zero-order valence-electron chi connectivity index (χ0n) is 11.1. The lowest BCUT2D eigenvalue weighted by Gasteiger charge is -2.40. The Morgan fingerprint density at radius 1 is 1.29 bits per heavy atom. The van der Waals surface area contributed by atoms with Crippen molar-refractivity contribution in [1.82, 2.24) is 5.32 Å². The lowest BCUT2D eigenvalue weighted by molar-refractivity contribution is -0.141. The molecule has 0 saturated heterocycles. The van der Waals surface area contributed by atoms with Gasteiger partial charge in [-0.25, -0.2) is 8.78 Å². The molecule has 21 heavy (non-hydrogen) atoms. The molecule has 0 aromatic heterocycles. The molecule has 0 aliphatic heterocycles. The Hall–Kier alpha value is -1.69. The third-order valence-corrected chi connectivity index (χ3v) is 4.11. The van der Waals surface area contributed by atoms with Crippen molar-refractivity contribution in [3.8, 4) is 0 Å². The second-order valence-electron chi connectivity index (χ2n) is 5.35. The molecule has 114 valence electrons. The highest BCUT2D eigenvalue weighted by Crippen LogP contribution is 2.43. The molecule has 1 aromatic carbocycles. The van der Waals surface area contributed by atoms with E-state index in [4.69, 9.17) is 16.7 Å². The fourth-order valence-corrected chi connectivity index (χ4v) is 2.62. The summed E-state index contributed by atoms with van der Waals surface area (Å²) in [7, 11) is 0. The van der Waals surface area contributed by atoms with Crippen molar-refractivity contribution in [1.29, 1.82) is 0 Å². The number of aliphatic carboxylic acids is 1. The first kappa shape index (κ1) is 15.7. The van der Waals surface area contributed by atoms with Gasteiger partial charge in [0.25, 0.3) is 5.91 Å². The van der Waals surface area contributed by atoms with Crippen LogP contribution in [0, 0.1) is 17.0 Å². The summed E-state index contributed by atoms with van der Waals surface area (Å²) in [5.74, 6) is -3.51. The number of amides is 1. The summed E-state index contributed by atoms with van der Waals surface area (Å²) in [4.78, 5) is 22.7. The number of carbonyl (C=O) groups is 2. The van der Waals surface area contributed by atoms with E-state index in [9.17, 15) is 18.4 Å². The Bertz CT molecular complexity index is 588. The number of carboxylic acid groups (broad SMARTS) is 1. The van der Waals surface area contributed by atoms with Crippen molar-refractivity contribution in [3.05, 3.63) is 34.4 Å². The van der Waals surface area contributed by atoms with Crippen molar-refractivity contribution in [2.24, 2.45) is 5.41 Å². The Kier molecular flexibility index (Phi) is 4.46. The molecule has 2 N–H and O–H groups in total.